The molecule has 0 saturated carbocycles. The Balaban J connectivity index is 1.76. The van der Waals surface area contributed by atoms with Gasteiger partial charge in [0.1, 0.15) is 23.5 Å². The molecule has 3 heterocycles. The van der Waals surface area contributed by atoms with Crippen LogP contribution in [0.15, 0.2) is 36.8 Å². The van der Waals surface area contributed by atoms with Crippen LogP contribution in [0, 0.1) is 0 Å². The standard InChI is InChI=1S/C19H21N5O3/c1-27-14-4-2-12(3-5-14)15-10-24(18-16(15)17(20)21-11-22-18)13-6-8-23(9-7-13)19(25)26/h2-5,10-11,13H,6-9H2,1H3,(H,25,26)(H2,20,21,22). The minimum atomic E-state index is -0.865. The number of aromatic nitrogens is 3. The second-order valence-electron chi connectivity index (χ2n) is 6.64. The molecule has 8 nitrogen and oxygen atoms in total. The minimum Gasteiger partial charge on any atom is -0.497 e. The zero-order valence-electron chi connectivity index (χ0n) is 15.0. The molecule has 1 fully saturated rings. The Morgan fingerprint density at radius 2 is 1.93 bits per heavy atom. The number of nitrogens with two attached hydrogens (primary N) is 1. The smallest absolute Gasteiger partial charge is 0.407 e. The van der Waals surface area contributed by atoms with Gasteiger partial charge in [0, 0.05) is 30.9 Å². The highest BCUT2D eigenvalue weighted by Gasteiger charge is 2.26. The molecule has 140 valence electrons. The van der Waals surface area contributed by atoms with Crippen LogP contribution in [0.25, 0.3) is 22.2 Å². The van der Waals surface area contributed by atoms with Crippen molar-refractivity contribution in [2.24, 2.45) is 0 Å². The van der Waals surface area contributed by atoms with Gasteiger partial charge < -0.3 is 25.0 Å². The van der Waals surface area contributed by atoms with Gasteiger partial charge in [-0.3, -0.25) is 0 Å². The SMILES string of the molecule is COc1ccc(-c2cn(C3CCN(C(=O)O)CC3)c3ncnc(N)c23)cc1. The second-order valence-corrected chi connectivity index (χ2v) is 6.64. The Labute approximate surface area is 156 Å². The maximum absolute atomic E-state index is 11.2. The number of rotatable bonds is 3. The zero-order valence-corrected chi connectivity index (χ0v) is 15.0. The van der Waals surface area contributed by atoms with Crippen molar-refractivity contribution in [2.45, 2.75) is 18.9 Å². The first-order valence-corrected chi connectivity index (χ1v) is 8.81. The molecule has 1 aliphatic heterocycles. The van der Waals surface area contributed by atoms with Gasteiger partial charge in [-0.1, -0.05) is 12.1 Å². The van der Waals surface area contributed by atoms with Crippen LogP contribution in [0.5, 0.6) is 5.75 Å². The van der Waals surface area contributed by atoms with Crippen molar-refractivity contribution in [2.75, 3.05) is 25.9 Å². The van der Waals surface area contributed by atoms with Crippen molar-refractivity contribution in [1.29, 1.82) is 0 Å². The lowest BCUT2D eigenvalue weighted by molar-refractivity contribution is 0.126. The summed E-state index contributed by atoms with van der Waals surface area (Å²) in [5.74, 6) is 1.22. The van der Waals surface area contributed by atoms with Crippen LogP contribution in [0.1, 0.15) is 18.9 Å². The van der Waals surface area contributed by atoms with E-state index >= 15 is 0 Å². The van der Waals surface area contributed by atoms with Gasteiger partial charge in [-0.2, -0.15) is 0 Å². The molecule has 0 unspecified atom stereocenters. The number of fused-ring (bicyclic) bond motifs is 1. The van der Waals surface area contributed by atoms with Crippen molar-refractivity contribution in [1.82, 2.24) is 19.4 Å². The zero-order chi connectivity index (χ0) is 19.0. The van der Waals surface area contributed by atoms with Crippen LogP contribution in [0.2, 0.25) is 0 Å². The van der Waals surface area contributed by atoms with E-state index in [1.54, 1.807) is 7.11 Å². The van der Waals surface area contributed by atoms with Gasteiger partial charge in [-0.25, -0.2) is 14.8 Å². The van der Waals surface area contributed by atoms with Crippen molar-refractivity contribution in [3.63, 3.8) is 0 Å². The summed E-state index contributed by atoms with van der Waals surface area (Å²) >= 11 is 0. The first kappa shape index (κ1) is 17.1. The Morgan fingerprint density at radius 1 is 1.22 bits per heavy atom. The second kappa shape index (κ2) is 6.79. The molecule has 3 aromatic rings. The number of nitrogens with zero attached hydrogens (tertiary/aromatic N) is 4. The molecule has 0 atom stereocenters. The number of amides is 1. The van der Waals surface area contributed by atoms with E-state index in [1.807, 2.05) is 24.3 Å². The first-order valence-electron chi connectivity index (χ1n) is 8.81. The molecule has 3 N–H and O–H groups in total. The number of ether oxygens (including phenoxy) is 1. The Hall–Kier alpha value is -3.29. The highest BCUT2D eigenvalue weighted by atomic mass is 16.5. The number of likely N-dealkylation sites (tertiary alicyclic amines) is 1. The topological polar surface area (TPSA) is 106 Å². The van der Waals surface area contributed by atoms with Gasteiger partial charge in [0.25, 0.3) is 0 Å². The summed E-state index contributed by atoms with van der Waals surface area (Å²) in [7, 11) is 1.64. The van der Waals surface area contributed by atoms with Crippen LogP contribution in [0.4, 0.5) is 10.6 Å². The normalized spacial score (nSPS) is 15.2. The molecule has 1 aliphatic rings. The molecule has 0 bridgehead atoms. The fraction of sp³-hybridized carbons (Fsp3) is 0.316. The van der Waals surface area contributed by atoms with Crippen LogP contribution in [0.3, 0.4) is 0 Å². The number of hydrogen-bond acceptors (Lipinski definition) is 5. The molecule has 0 aliphatic carbocycles. The molecule has 1 saturated heterocycles. The summed E-state index contributed by atoms with van der Waals surface area (Å²) in [5, 5.41) is 9.99. The maximum Gasteiger partial charge on any atom is 0.407 e. The molecule has 1 amide bonds. The van der Waals surface area contributed by atoms with E-state index in [-0.39, 0.29) is 6.04 Å². The molecule has 2 aromatic heterocycles. The summed E-state index contributed by atoms with van der Waals surface area (Å²) < 4.78 is 7.36. The molecule has 4 rings (SSSR count). The number of carbonyl (C=O) groups is 1. The lowest BCUT2D eigenvalue weighted by atomic mass is 10.1. The molecular weight excluding hydrogens is 346 g/mol. The minimum absolute atomic E-state index is 0.171. The molecule has 0 radical (unpaired) electrons. The number of carboxylic acid groups (broad SMARTS) is 1. The third kappa shape index (κ3) is 3.03. The monoisotopic (exact) mass is 367 g/mol. The van der Waals surface area contributed by atoms with E-state index in [1.165, 1.54) is 11.2 Å². The Bertz CT molecular complexity index is 975. The van der Waals surface area contributed by atoms with E-state index in [2.05, 4.69) is 20.7 Å². The summed E-state index contributed by atoms with van der Waals surface area (Å²) in [5.41, 5.74) is 8.93. The van der Waals surface area contributed by atoms with Crippen molar-refractivity contribution in [3.05, 3.63) is 36.8 Å². The van der Waals surface area contributed by atoms with Crippen molar-refractivity contribution < 1.29 is 14.6 Å². The summed E-state index contributed by atoms with van der Waals surface area (Å²) in [6.07, 6.45) is 4.14. The van der Waals surface area contributed by atoms with Crippen molar-refractivity contribution >= 4 is 22.9 Å². The molecule has 27 heavy (non-hydrogen) atoms. The quantitative estimate of drug-likeness (QED) is 0.737. The third-order valence-corrected chi connectivity index (χ3v) is 5.17. The van der Waals surface area contributed by atoms with Gasteiger partial charge in [0.2, 0.25) is 0 Å². The fourth-order valence-corrected chi connectivity index (χ4v) is 3.71. The van der Waals surface area contributed by atoms with Crippen LogP contribution < -0.4 is 10.5 Å². The van der Waals surface area contributed by atoms with E-state index in [9.17, 15) is 9.90 Å². The van der Waals surface area contributed by atoms with Gasteiger partial charge in [-0.05, 0) is 30.5 Å². The average molecular weight is 367 g/mol. The number of nitrogen functional groups attached to an aromatic ring is 1. The first-order chi connectivity index (χ1) is 13.1. The molecule has 0 spiro atoms. The molecule has 1 aromatic carbocycles. The number of methoxy groups -OCH3 is 1. The lowest BCUT2D eigenvalue weighted by Gasteiger charge is -2.31. The number of piperidine rings is 1. The summed E-state index contributed by atoms with van der Waals surface area (Å²) in [4.78, 5) is 21.3. The van der Waals surface area contributed by atoms with E-state index in [0.717, 1.165) is 40.8 Å². The summed E-state index contributed by atoms with van der Waals surface area (Å²) in [6.45, 7) is 1.02. The lowest BCUT2D eigenvalue weighted by Crippen LogP contribution is -2.38. The Kier molecular flexibility index (Phi) is 4.31. The number of benzene rings is 1. The van der Waals surface area contributed by atoms with Gasteiger partial charge in [-0.15, -0.1) is 0 Å². The highest BCUT2D eigenvalue weighted by molar-refractivity contribution is 6.00. The number of anilines is 1. The predicted molar refractivity (Wildman–Crippen MR) is 102 cm³/mol. The summed E-state index contributed by atoms with van der Waals surface area (Å²) in [6, 6.07) is 7.95. The van der Waals surface area contributed by atoms with Gasteiger partial charge in [0.15, 0.2) is 0 Å². The van der Waals surface area contributed by atoms with Crippen molar-refractivity contribution in [3.8, 4) is 16.9 Å². The van der Waals surface area contributed by atoms with E-state index < -0.39 is 6.09 Å². The maximum atomic E-state index is 11.2. The number of hydrogen-bond donors (Lipinski definition) is 2. The highest BCUT2D eigenvalue weighted by Crippen LogP contribution is 2.37. The van der Waals surface area contributed by atoms with Crippen LogP contribution in [-0.2, 0) is 0 Å². The van der Waals surface area contributed by atoms with E-state index in [4.69, 9.17) is 10.5 Å². The van der Waals surface area contributed by atoms with E-state index in [0.29, 0.717) is 18.9 Å². The van der Waals surface area contributed by atoms with Gasteiger partial charge in [0.05, 0.1) is 12.5 Å². The predicted octanol–water partition coefficient (Wildman–Crippen LogP) is 3.00. The largest absolute Gasteiger partial charge is 0.497 e. The molecular formula is C19H21N5O3. The van der Waals surface area contributed by atoms with Gasteiger partial charge >= 0.3 is 6.09 Å². The fourth-order valence-electron chi connectivity index (χ4n) is 3.71. The average Bonchev–Trinajstić information content (AvgIpc) is 3.09. The Morgan fingerprint density at radius 3 is 2.56 bits per heavy atom. The molecule has 8 heteroatoms. The van der Waals surface area contributed by atoms with Crippen LogP contribution in [-0.4, -0.2) is 50.8 Å². The third-order valence-electron chi connectivity index (χ3n) is 5.17. The van der Waals surface area contributed by atoms with Crippen LogP contribution >= 0.6 is 0 Å².